The maximum absolute atomic E-state index is 12.9. The zero-order valence-electron chi connectivity index (χ0n) is 8.06. The molecular weight excluding hydrogens is 184 g/mol. The van der Waals surface area contributed by atoms with E-state index in [1.165, 1.54) is 12.1 Å². The number of hydrogen-bond donors (Lipinski definition) is 1. The molecule has 3 heteroatoms. The minimum absolute atomic E-state index is 0.204. The molecule has 0 bridgehead atoms. The number of nitrogens with one attached hydrogen (secondary N) is 1. The van der Waals surface area contributed by atoms with Crippen LogP contribution in [0.5, 0.6) is 0 Å². The summed E-state index contributed by atoms with van der Waals surface area (Å²) in [6.45, 7) is 6.25. The van der Waals surface area contributed by atoms with Crippen molar-refractivity contribution in [3.63, 3.8) is 0 Å². The van der Waals surface area contributed by atoms with Crippen LogP contribution in [0.4, 0.5) is 8.78 Å². The maximum atomic E-state index is 12.9. The number of rotatable bonds is 4. The molecule has 1 atom stereocenters. The van der Waals surface area contributed by atoms with E-state index >= 15 is 0 Å². The molecule has 1 nitrogen and oxygen atoms in total. The molecule has 0 spiro atoms. The molecule has 0 aliphatic heterocycles. The first-order valence-electron chi connectivity index (χ1n) is 4.49. The van der Waals surface area contributed by atoms with Crippen molar-refractivity contribution in [3.8, 4) is 0 Å². The summed E-state index contributed by atoms with van der Waals surface area (Å²) < 4.78 is 25.7. The smallest absolute Gasteiger partial charge is 0.126 e. The summed E-state index contributed by atoms with van der Waals surface area (Å²) in [4.78, 5) is 0. The highest BCUT2D eigenvalue weighted by Gasteiger charge is 2.08. The lowest BCUT2D eigenvalue weighted by atomic mass is 10.1. The molecule has 0 amide bonds. The third-order valence-corrected chi connectivity index (χ3v) is 1.90. The molecule has 1 unspecified atom stereocenters. The third-order valence-electron chi connectivity index (χ3n) is 1.90. The van der Waals surface area contributed by atoms with Gasteiger partial charge >= 0.3 is 0 Å². The maximum Gasteiger partial charge on any atom is 0.126 e. The van der Waals surface area contributed by atoms with Gasteiger partial charge in [-0.25, -0.2) is 8.78 Å². The average molecular weight is 197 g/mol. The summed E-state index contributed by atoms with van der Waals surface area (Å²) in [5, 5.41) is 3.05. The Morgan fingerprint density at radius 3 is 2.36 bits per heavy atom. The monoisotopic (exact) mass is 197 g/mol. The predicted molar refractivity (Wildman–Crippen MR) is 53.0 cm³/mol. The van der Waals surface area contributed by atoms with E-state index in [1.807, 2.05) is 6.92 Å². The van der Waals surface area contributed by atoms with Gasteiger partial charge in [0.05, 0.1) is 6.04 Å². The van der Waals surface area contributed by atoms with E-state index in [4.69, 9.17) is 0 Å². The van der Waals surface area contributed by atoms with Crippen LogP contribution in [0.15, 0.2) is 30.9 Å². The quantitative estimate of drug-likeness (QED) is 0.732. The predicted octanol–water partition coefficient (Wildman–Crippen LogP) is 2.80. The molecule has 0 heterocycles. The highest BCUT2D eigenvalue weighted by Crippen LogP contribution is 2.16. The standard InChI is InChI=1S/C11H13F2N/c1-3-11(14-4-2)8-5-9(12)7-10(13)6-8/h3,5-7,11,14H,1,4H2,2H3. The van der Waals surface area contributed by atoms with Gasteiger partial charge in [0, 0.05) is 6.07 Å². The molecule has 0 fully saturated rings. The van der Waals surface area contributed by atoms with Crippen LogP contribution in [0.3, 0.4) is 0 Å². The fraction of sp³-hybridized carbons (Fsp3) is 0.273. The highest BCUT2D eigenvalue weighted by atomic mass is 19.1. The van der Waals surface area contributed by atoms with Crippen molar-refractivity contribution in [2.24, 2.45) is 0 Å². The van der Waals surface area contributed by atoms with Gasteiger partial charge in [-0.05, 0) is 24.2 Å². The van der Waals surface area contributed by atoms with Gasteiger partial charge in [-0.1, -0.05) is 13.0 Å². The Kier molecular flexibility index (Phi) is 3.77. The van der Waals surface area contributed by atoms with Gasteiger partial charge in [0.1, 0.15) is 11.6 Å². The topological polar surface area (TPSA) is 12.0 Å². The summed E-state index contributed by atoms with van der Waals surface area (Å²) in [6.07, 6.45) is 1.62. The van der Waals surface area contributed by atoms with Crippen LogP contribution in [-0.2, 0) is 0 Å². The normalized spacial score (nSPS) is 12.5. The molecule has 1 N–H and O–H groups in total. The van der Waals surface area contributed by atoms with Crippen molar-refractivity contribution in [3.05, 3.63) is 48.1 Å². The van der Waals surface area contributed by atoms with Crippen molar-refractivity contribution >= 4 is 0 Å². The fourth-order valence-electron chi connectivity index (χ4n) is 1.31. The van der Waals surface area contributed by atoms with E-state index < -0.39 is 11.6 Å². The van der Waals surface area contributed by atoms with E-state index in [2.05, 4.69) is 11.9 Å². The molecule has 0 aliphatic rings. The van der Waals surface area contributed by atoms with Crippen molar-refractivity contribution in [2.75, 3.05) is 6.54 Å². The van der Waals surface area contributed by atoms with E-state index in [-0.39, 0.29) is 6.04 Å². The first-order valence-corrected chi connectivity index (χ1v) is 4.49. The first kappa shape index (κ1) is 10.9. The van der Waals surface area contributed by atoms with Gasteiger partial charge in [-0.2, -0.15) is 0 Å². The zero-order chi connectivity index (χ0) is 10.6. The number of hydrogen-bond acceptors (Lipinski definition) is 1. The Bertz CT molecular complexity index is 303. The number of benzene rings is 1. The second-order valence-electron chi connectivity index (χ2n) is 2.97. The Labute approximate surface area is 82.4 Å². The molecule has 76 valence electrons. The molecule has 0 aliphatic carbocycles. The van der Waals surface area contributed by atoms with Crippen LogP contribution < -0.4 is 5.32 Å². The molecule has 0 radical (unpaired) electrons. The van der Waals surface area contributed by atoms with Crippen LogP contribution in [-0.4, -0.2) is 6.54 Å². The van der Waals surface area contributed by atoms with Crippen molar-refractivity contribution < 1.29 is 8.78 Å². The second kappa shape index (κ2) is 4.86. The van der Waals surface area contributed by atoms with Gasteiger partial charge in [0.2, 0.25) is 0 Å². The van der Waals surface area contributed by atoms with Crippen LogP contribution >= 0.6 is 0 Å². The minimum Gasteiger partial charge on any atom is -0.307 e. The van der Waals surface area contributed by atoms with Gasteiger partial charge in [-0.15, -0.1) is 6.58 Å². The average Bonchev–Trinajstić information content (AvgIpc) is 2.12. The minimum atomic E-state index is -0.565. The number of likely N-dealkylation sites (N-methyl/N-ethyl adjacent to an activating group) is 1. The van der Waals surface area contributed by atoms with Crippen LogP contribution in [0, 0.1) is 11.6 Å². The zero-order valence-corrected chi connectivity index (χ0v) is 8.06. The van der Waals surface area contributed by atoms with Crippen molar-refractivity contribution in [1.29, 1.82) is 0 Å². The van der Waals surface area contributed by atoms with Crippen molar-refractivity contribution in [2.45, 2.75) is 13.0 Å². The largest absolute Gasteiger partial charge is 0.307 e. The van der Waals surface area contributed by atoms with E-state index in [0.29, 0.717) is 5.56 Å². The third kappa shape index (κ3) is 2.64. The molecule has 1 aromatic carbocycles. The summed E-state index contributed by atoms with van der Waals surface area (Å²) in [5.41, 5.74) is 0.555. The molecular formula is C11H13F2N. The summed E-state index contributed by atoms with van der Waals surface area (Å²) >= 11 is 0. The van der Waals surface area contributed by atoms with E-state index in [9.17, 15) is 8.78 Å². The van der Waals surface area contributed by atoms with Gasteiger partial charge < -0.3 is 5.32 Å². The SMILES string of the molecule is C=CC(NCC)c1cc(F)cc(F)c1. The lowest BCUT2D eigenvalue weighted by Gasteiger charge is -2.13. The van der Waals surface area contributed by atoms with E-state index in [1.54, 1.807) is 6.08 Å². The fourth-order valence-corrected chi connectivity index (χ4v) is 1.31. The molecule has 1 rings (SSSR count). The lowest BCUT2D eigenvalue weighted by Crippen LogP contribution is -2.18. The Morgan fingerprint density at radius 2 is 1.93 bits per heavy atom. The number of halogens is 2. The van der Waals surface area contributed by atoms with E-state index in [0.717, 1.165) is 12.6 Å². The van der Waals surface area contributed by atoms with Crippen LogP contribution in [0.1, 0.15) is 18.5 Å². The summed E-state index contributed by atoms with van der Waals surface area (Å²) in [6, 6.07) is 3.26. The first-order chi connectivity index (χ1) is 6.67. The Hall–Kier alpha value is -1.22. The Morgan fingerprint density at radius 1 is 1.36 bits per heavy atom. The van der Waals surface area contributed by atoms with Gasteiger partial charge in [0.25, 0.3) is 0 Å². The molecule has 14 heavy (non-hydrogen) atoms. The summed E-state index contributed by atoms with van der Waals surface area (Å²) in [5.74, 6) is -1.13. The second-order valence-corrected chi connectivity index (χ2v) is 2.97. The molecule has 0 aromatic heterocycles. The lowest BCUT2D eigenvalue weighted by molar-refractivity contribution is 0.568. The highest BCUT2D eigenvalue weighted by molar-refractivity contribution is 5.24. The Balaban J connectivity index is 2.97. The molecule has 0 saturated heterocycles. The summed E-state index contributed by atoms with van der Waals surface area (Å²) in [7, 11) is 0. The van der Waals surface area contributed by atoms with Gasteiger partial charge in [0.15, 0.2) is 0 Å². The van der Waals surface area contributed by atoms with Gasteiger partial charge in [-0.3, -0.25) is 0 Å². The van der Waals surface area contributed by atoms with Crippen LogP contribution in [0.25, 0.3) is 0 Å². The van der Waals surface area contributed by atoms with Crippen molar-refractivity contribution in [1.82, 2.24) is 5.32 Å². The van der Waals surface area contributed by atoms with Crippen LogP contribution in [0.2, 0.25) is 0 Å². The molecule has 1 aromatic rings. The molecule has 0 saturated carbocycles.